The van der Waals surface area contributed by atoms with Gasteiger partial charge in [0.25, 0.3) is 0 Å². The molecule has 1 aromatic heterocycles. The first-order valence-corrected chi connectivity index (χ1v) is 8.48. The zero-order valence-corrected chi connectivity index (χ0v) is 13.7. The van der Waals surface area contributed by atoms with E-state index in [9.17, 15) is 0 Å². The lowest BCUT2D eigenvalue weighted by atomic mass is 9.95. The molecule has 1 aromatic rings. The van der Waals surface area contributed by atoms with Crippen LogP contribution in [-0.2, 0) is 0 Å². The fourth-order valence-electron chi connectivity index (χ4n) is 2.20. The highest BCUT2D eigenvalue weighted by molar-refractivity contribution is 9.13. The summed E-state index contributed by atoms with van der Waals surface area (Å²) in [6, 6.07) is 2.22. The van der Waals surface area contributed by atoms with Crippen molar-refractivity contribution in [3.8, 4) is 0 Å². The molecule has 2 N–H and O–H groups in total. The van der Waals surface area contributed by atoms with Crippen LogP contribution in [0, 0.1) is 0 Å². The summed E-state index contributed by atoms with van der Waals surface area (Å²) in [4.78, 5) is 1.25. The molecule has 2 rings (SSSR count). The zero-order chi connectivity index (χ0) is 12.3. The maximum absolute atomic E-state index is 6.37. The Morgan fingerprint density at radius 2 is 1.94 bits per heavy atom. The third-order valence-corrected chi connectivity index (χ3v) is 6.54. The molecule has 0 saturated heterocycles. The highest BCUT2D eigenvalue weighted by atomic mass is 79.9. The first kappa shape index (κ1) is 13.8. The van der Waals surface area contributed by atoms with E-state index in [0.29, 0.717) is 0 Å². The molecule has 94 valence electrons. The molecule has 1 aliphatic carbocycles. The van der Waals surface area contributed by atoms with Gasteiger partial charge in [-0.2, -0.15) is 0 Å². The molecule has 1 atom stereocenters. The van der Waals surface area contributed by atoms with Gasteiger partial charge >= 0.3 is 0 Å². The summed E-state index contributed by atoms with van der Waals surface area (Å²) < 4.78 is 2.24. The molecule has 0 fully saturated rings. The quantitative estimate of drug-likeness (QED) is 0.670. The first-order chi connectivity index (χ1) is 8.18. The summed E-state index contributed by atoms with van der Waals surface area (Å²) in [6.45, 7) is 0. The van der Waals surface area contributed by atoms with Crippen molar-refractivity contribution in [2.75, 3.05) is 0 Å². The van der Waals surface area contributed by atoms with Crippen LogP contribution in [0.5, 0.6) is 0 Å². The van der Waals surface area contributed by atoms with Gasteiger partial charge in [0.2, 0.25) is 0 Å². The monoisotopic (exact) mass is 377 g/mol. The van der Waals surface area contributed by atoms with Crippen molar-refractivity contribution in [2.24, 2.45) is 5.73 Å². The van der Waals surface area contributed by atoms with Crippen molar-refractivity contribution in [2.45, 2.75) is 44.6 Å². The van der Waals surface area contributed by atoms with Crippen LogP contribution in [0.4, 0.5) is 0 Å². The molecule has 4 heteroatoms. The van der Waals surface area contributed by atoms with Crippen LogP contribution in [-0.4, -0.2) is 0 Å². The van der Waals surface area contributed by atoms with Crippen LogP contribution in [0.2, 0.25) is 0 Å². The molecule has 0 aliphatic heterocycles. The third-order valence-electron chi connectivity index (χ3n) is 3.20. The first-order valence-electron chi connectivity index (χ1n) is 6.07. The van der Waals surface area contributed by atoms with E-state index >= 15 is 0 Å². The van der Waals surface area contributed by atoms with E-state index < -0.39 is 0 Å². The minimum atomic E-state index is 0.0840. The minimum absolute atomic E-state index is 0.0840. The van der Waals surface area contributed by atoms with Crippen molar-refractivity contribution < 1.29 is 0 Å². The van der Waals surface area contributed by atoms with E-state index in [-0.39, 0.29) is 6.04 Å². The summed E-state index contributed by atoms with van der Waals surface area (Å²) in [6.07, 6.45) is 10.0. The smallest absolute Gasteiger partial charge is 0.0843 e. The molecule has 0 radical (unpaired) electrons. The van der Waals surface area contributed by atoms with Gasteiger partial charge in [-0.3, -0.25) is 0 Å². The van der Waals surface area contributed by atoms with Crippen LogP contribution in [0.15, 0.2) is 26.0 Å². The largest absolute Gasteiger partial charge is 0.320 e. The lowest BCUT2D eigenvalue weighted by Gasteiger charge is -2.17. The van der Waals surface area contributed by atoms with E-state index in [1.807, 2.05) is 0 Å². The predicted octanol–water partition coefficient (Wildman–Crippen LogP) is 5.55. The molecular weight excluding hydrogens is 362 g/mol. The minimum Gasteiger partial charge on any atom is -0.320 e. The van der Waals surface area contributed by atoms with Gasteiger partial charge in [0, 0.05) is 9.35 Å². The Kier molecular flexibility index (Phi) is 5.27. The maximum atomic E-state index is 6.37. The Labute approximate surface area is 124 Å². The van der Waals surface area contributed by atoms with Gasteiger partial charge in [-0.15, -0.1) is 11.3 Å². The Morgan fingerprint density at radius 1 is 1.18 bits per heavy atom. The normalized spacial score (nSPS) is 19.4. The number of hydrogen-bond donors (Lipinski definition) is 1. The fraction of sp³-hybridized carbons (Fsp3) is 0.538. The lowest BCUT2D eigenvalue weighted by molar-refractivity contribution is 0.604. The van der Waals surface area contributed by atoms with E-state index in [0.717, 1.165) is 14.7 Å². The van der Waals surface area contributed by atoms with Crippen LogP contribution in [0.1, 0.15) is 49.4 Å². The summed E-state index contributed by atoms with van der Waals surface area (Å²) in [5.74, 6) is 0. The highest BCUT2D eigenvalue weighted by Crippen LogP contribution is 2.38. The van der Waals surface area contributed by atoms with E-state index in [4.69, 9.17) is 5.73 Å². The molecule has 1 unspecified atom stereocenters. The van der Waals surface area contributed by atoms with E-state index in [1.54, 1.807) is 11.3 Å². The molecule has 0 bridgehead atoms. The fourth-order valence-corrected chi connectivity index (χ4v) is 4.33. The van der Waals surface area contributed by atoms with Gasteiger partial charge in [0.15, 0.2) is 0 Å². The van der Waals surface area contributed by atoms with Crippen molar-refractivity contribution in [3.63, 3.8) is 0 Å². The second kappa shape index (κ2) is 6.50. The third kappa shape index (κ3) is 3.66. The topological polar surface area (TPSA) is 26.0 Å². The van der Waals surface area contributed by atoms with Gasteiger partial charge in [0.1, 0.15) is 0 Å². The van der Waals surface area contributed by atoms with Crippen LogP contribution < -0.4 is 5.73 Å². The average molecular weight is 379 g/mol. The van der Waals surface area contributed by atoms with Crippen molar-refractivity contribution >= 4 is 43.2 Å². The summed E-state index contributed by atoms with van der Waals surface area (Å²) >= 11 is 8.79. The molecule has 0 aromatic carbocycles. The van der Waals surface area contributed by atoms with Crippen molar-refractivity contribution in [1.29, 1.82) is 0 Å². The van der Waals surface area contributed by atoms with Crippen molar-refractivity contribution in [3.05, 3.63) is 30.9 Å². The number of hydrogen-bond acceptors (Lipinski definition) is 2. The number of thiophene rings is 1. The molecule has 0 spiro atoms. The average Bonchev–Trinajstić information content (AvgIpc) is 2.58. The van der Waals surface area contributed by atoms with E-state index in [2.05, 4.69) is 44.0 Å². The maximum Gasteiger partial charge on any atom is 0.0843 e. The SMILES string of the molecule is NC(C1=CCCCCCC1)c1cc(Br)c(Br)s1. The number of halogens is 2. The second-order valence-corrected chi connectivity index (χ2v) is 7.74. The molecule has 1 heterocycles. The van der Waals surface area contributed by atoms with Crippen LogP contribution >= 0.6 is 43.2 Å². The van der Waals surface area contributed by atoms with Crippen LogP contribution in [0.3, 0.4) is 0 Å². The Hall–Kier alpha value is 0.360. The Bertz CT molecular complexity index is 392. The number of allylic oxidation sites excluding steroid dienone is 1. The summed E-state index contributed by atoms with van der Waals surface area (Å²) in [5, 5.41) is 0. The van der Waals surface area contributed by atoms with E-state index in [1.165, 1.54) is 42.6 Å². The van der Waals surface area contributed by atoms with Gasteiger partial charge < -0.3 is 5.73 Å². The Balaban J connectivity index is 2.14. The lowest BCUT2D eigenvalue weighted by Crippen LogP contribution is -2.12. The predicted molar refractivity (Wildman–Crippen MR) is 82.4 cm³/mol. The molecule has 0 amide bonds. The van der Waals surface area contributed by atoms with Gasteiger partial charge in [-0.1, -0.05) is 24.5 Å². The summed E-state index contributed by atoms with van der Waals surface area (Å²) in [7, 11) is 0. The Morgan fingerprint density at radius 3 is 2.65 bits per heavy atom. The molecule has 1 aliphatic rings. The molecular formula is C13H17Br2NS. The number of rotatable bonds is 2. The standard InChI is InChI=1S/C13H17Br2NS/c14-10-8-11(17-13(10)15)12(16)9-6-4-2-1-3-5-7-9/h6,8,12H,1-5,7,16H2. The summed E-state index contributed by atoms with van der Waals surface area (Å²) in [5.41, 5.74) is 7.80. The highest BCUT2D eigenvalue weighted by Gasteiger charge is 2.16. The van der Waals surface area contributed by atoms with Gasteiger partial charge in [-0.25, -0.2) is 0 Å². The number of nitrogens with two attached hydrogens (primary N) is 1. The van der Waals surface area contributed by atoms with Gasteiger partial charge in [-0.05, 0) is 63.6 Å². The van der Waals surface area contributed by atoms with Crippen molar-refractivity contribution in [1.82, 2.24) is 0 Å². The second-order valence-electron chi connectivity index (χ2n) is 4.48. The zero-order valence-electron chi connectivity index (χ0n) is 9.72. The van der Waals surface area contributed by atoms with Crippen LogP contribution in [0.25, 0.3) is 0 Å². The molecule has 1 nitrogen and oxygen atoms in total. The van der Waals surface area contributed by atoms with Gasteiger partial charge in [0.05, 0.1) is 9.83 Å². The molecule has 0 saturated carbocycles. The molecule has 17 heavy (non-hydrogen) atoms.